The second kappa shape index (κ2) is 12.7. The molecule has 0 spiro atoms. The zero-order valence-electron chi connectivity index (χ0n) is 21.8. The molecule has 2 aliphatic rings. The van der Waals surface area contributed by atoms with E-state index in [2.05, 4.69) is 5.32 Å². The van der Waals surface area contributed by atoms with Crippen LogP contribution in [0.3, 0.4) is 0 Å². The molecule has 1 aliphatic carbocycles. The van der Waals surface area contributed by atoms with E-state index in [0.717, 1.165) is 31.4 Å². The van der Waals surface area contributed by atoms with E-state index < -0.39 is 0 Å². The molecule has 2 N–H and O–H groups in total. The topological polar surface area (TPSA) is 96.7 Å². The van der Waals surface area contributed by atoms with Gasteiger partial charge in [-0.3, -0.25) is 14.2 Å². The van der Waals surface area contributed by atoms with Crippen molar-refractivity contribution in [2.24, 2.45) is 0 Å². The maximum absolute atomic E-state index is 13.7. The number of phenolic OH excluding ortho intramolecular Hbond substituents is 1. The zero-order valence-corrected chi connectivity index (χ0v) is 22.6. The van der Waals surface area contributed by atoms with Crippen molar-refractivity contribution in [3.63, 3.8) is 0 Å². The van der Waals surface area contributed by atoms with Crippen molar-refractivity contribution >= 4 is 17.7 Å². The van der Waals surface area contributed by atoms with Gasteiger partial charge >= 0.3 is 0 Å². The average Bonchev–Trinajstić information content (AvgIpc) is 2.92. The molecule has 2 aromatic carbocycles. The van der Waals surface area contributed by atoms with Gasteiger partial charge in [-0.1, -0.05) is 30.3 Å². The Morgan fingerprint density at radius 2 is 1.95 bits per heavy atom. The first-order valence-electron chi connectivity index (χ1n) is 13.5. The van der Waals surface area contributed by atoms with Gasteiger partial charge in [-0.15, -0.1) is 0 Å². The highest BCUT2D eigenvalue weighted by atomic mass is 32.2. The Kier molecular flexibility index (Phi) is 8.83. The number of unbranched alkanes of at least 4 members (excludes halogenated alkanes) is 1. The maximum atomic E-state index is 13.7. The molecule has 1 amide bonds. The summed E-state index contributed by atoms with van der Waals surface area (Å²) in [6, 6.07) is 12.7. The van der Waals surface area contributed by atoms with Gasteiger partial charge in [0.2, 0.25) is 5.91 Å². The standard InChI is InChI=1S/C29H33FN4O4S/c30-20-10-12-21(13-11-20)38-17-4-3-15-31-18-27(36)33-16-14-24-23(19-33)28(37)34(25-8-1-2-9-26(25)35)29(32-24)39-22-6-5-7-22/h1-2,8-13,22,31,35H,3-7,14-19H2. The fourth-order valence-corrected chi connectivity index (χ4v) is 5.95. The number of aromatic nitrogens is 2. The number of thioether (sulfide) groups is 1. The molecule has 1 aromatic heterocycles. The maximum Gasteiger partial charge on any atom is 0.264 e. The molecule has 5 rings (SSSR count). The fraction of sp³-hybridized carbons (Fsp3) is 0.414. The minimum Gasteiger partial charge on any atom is -0.506 e. The number of phenols is 1. The molecule has 1 fully saturated rings. The first-order chi connectivity index (χ1) is 19.0. The van der Waals surface area contributed by atoms with Crippen LogP contribution < -0.4 is 15.6 Å². The number of ether oxygens (including phenoxy) is 1. The first-order valence-corrected chi connectivity index (χ1v) is 14.3. The number of fused-ring (bicyclic) bond motifs is 1. The van der Waals surface area contributed by atoms with E-state index >= 15 is 0 Å². The molecule has 10 heteroatoms. The highest BCUT2D eigenvalue weighted by molar-refractivity contribution is 7.99. The Labute approximate surface area is 231 Å². The molecule has 0 radical (unpaired) electrons. The molecular weight excluding hydrogens is 519 g/mol. The zero-order chi connectivity index (χ0) is 27.2. The monoisotopic (exact) mass is 552 g/mol. The van der Waals surface area contributed by atoms with Crippen molar-refractivity contribution < 1.29 is 19.0 Å². The fourth-order valence-electron chi connectivity index (χ4n) is 4.63. The van der Waals surface area contributed by atoms with E-state index in [-0.39, 0.29) is 36.1 Å². The Morgan fingerprint density at radius 1 is 1.15 bits per heavy atom. The Bertz CT molecular complexity index is 1360. The molecule has 1 aliphatic heterocycles. The summed E-state index contributed by atoms with van der Waals surface area (Å²) in [5.41, 5.74) is 1.43. The van der Waals surface area contributed by atoms with Crippen molar-refractivity contribution in [1.82, 2.24) is 19.8 Å². The van der Waals surface area contributed by atoms with Gasteiger partial charge in [0.15, 0.2) is 5.16 Å². The second-order valence-corrected chi connectivity index (χ2v) is 11.1. The van der Waals surface area contributed by atoms with E-state index in [1.54, 1.807) is 53.1 Å². The van der Waals surface area contributed by atoms with Gasteiger partial charge in [-0.05, 0) is 68.6 Å². The summed E-state index contributed by atoms with van der Waals surface area (Å²) < 4.78 is 20.1. The number of aromatic hydroxyl groups is 1. The van der Waals surface area contributed by atoms with Crippen LogP contribution in [0.2, 0.25) is 0 Å². The molecule has 8 nitrogen and oxygen atoms in total. The number of hydrogen-bond donors (Lipinski definition) is 2. The lowest BCUT2D eigenvalue weighted by Crippen LogP contribution is -2.44. The van der Waals surface area contributed by atoms with Crippen LogP contribution in [0.4, 0.5) is 4.39 Å². The van der Waals surface area contributed by atoms with Crippen LogP contribution >= 0.6 is 11.8 Å². The number of carbonyl (C=O) groups excluding carboxylic acids is 1. The Hall–Kier alpha value is -3.37. The Balaban J connectivity index is 1.17. The van der Waals surface area contributed by atoms with Gasteiger partial charge in [-0.2, -0.15) is 0 Å². The van der Waals surface area contributed by atoms with E-state index in [0.29, 0.717) is 53.5 Å². The first kappa shape index (κ1) is 27.2. The lowest BCUT2D eigenvalue weighted by atomic mass is 10.0. The molecular formula is C29H33FN4O4S. The summed E-state index contributed by atoms with van der Waals surface area (Å²) in [6.45, 7) is 2.08. The number of nitrogens with one attached hydrogen (secondary N) is 1. The third-order valence-electron chi connectivity index (χ3n) is 7.11. The van der Waals surface area contributed by atoms with Crippen LogP contribution in [0.5, 0.6) is 11.5 Å². The number of benzene rings is 2. The predicted molar refractivity (Wildman–Crippen MR) is 148 cm³/mol. The van der Waals surface area contributed by atoms with Gasteiger partial charge in [0.1, 0.15) is 17.3 Å². The number of para-hydroxylation sites is 2. The minimum absolute atomic E-state index is 0.0211. The summed E-state index contributed by atoms with van der Waals surface area (Å²) in [7, 11) is 0. The SMILES string of the molecule is O=C(CNCCCCOc1ccc(F)cc1)N1CCc2nc(SC3CCC3)n(-c3ccccc3O)c(=O)c2C1. The van der Waals surface area contributed by atoms with Crippen LogP contribution in [0, 0.1) is 5.82 Å². The van der Waals surface area contributed by atoms with Crippen molar-refractivity contribution in [3.05, 3.63) is 76.0 Å². The molecule has 0 bridgehead atoms. The summed E-state index contributed by atoms with van der Waals surface area (Å²) >= 11 is 1.60. The van der Waals surface area contributed by atoms with Crippen molar-refractivity contribution in [1.29, 1.82) is 0 Å². The molecule has 0 saturated heterocycles. The summed E-state index contributed by atoms with van der Waals surface area (Å²) in [5, 5.41) is 14.7. The number of carbonyl (C=O) groups is 1. The molecule has 1 saturated carbocycles. The predicted octanol–water partition coefficient (Wildman–Crippen LogP) is 4.06. The van der Waals surface area contributed by atoms with Gasteiger partial charge in [-0.25, -0.2) is 9.37 Å². The summed E-state index contributed by atoms with van der Waals surface area (Å²) in [4.78, 5) is 33.2. The second-order valence-electron chi connectivity index (χ2n) is 9.87. The lowest BCUT2D eigenvalue weighted by Gasteiger charge is -2.30. The van der Waals surface area contributed by atoms with Gasteiger partial charge in [0, 0.05) is 18.2 Å². The smallest absolute Gasteiger partial charge is 0.264 e. The van der Waals surface area contributed by atoms with E-state index in [9.17, 15) is 19.1 Å². The third kappa shape index (κ3) is 6.62. The highest BCUT2D eigenvalue weighted by Crippen LogP contribution is 2.37. The van der Waals surface area contributed by atoms with Gasteiger partial charge in [0.05, 0.1) is 36.6 Å². The van der Waals surface area contributed by atoms with Crippen molar-refractivity contribution in [2.45, 2.75) is 55.5 Å². The molecule has 0 unspecified atom stereocenters. The largest absolute Gasteiger partial charge is 0.506 e. The van der Waals surface area contributed by atoms with E-state index in [4.69, 9.17) is 9.72 Å². The molecule has 0 atom stereocenters. The van der Waals surface area contributed by atoms with Crippen LogP contribution in [-0.2, 0) is 17.8 Å². The van der Waals surface area contributed by atoms with Crippen LogP contribution in [-0.4, -0.2) is 57.0 Å². The summed E-state index contributed by atoms with van der Waals surface area (Å²) in [6.07, 6.45) is 5.52. The normalized spacial score (nSPS) is 15.1. The van der Waals surface area contributed by atoms with Crippen molar-refractivity contribution in [2.75, 3.05) is 26.2 Å². The van der Waals surface area contributed by atoms with E-state index in [1.807, 2.05) is 0 Å². The average molecular weight is 553 g/mol. The molecule has 39 heavy (non-hydrogen) atoms. The van der Waals surface area contributed by atoms with Gasteiger partial charge in [0.25, 0.3) is 5.56 Å². The summed E-state index contributed by atoms with van der Waals surface area (Å²) in [5.74, 6) is 0.297. The van der Waals surface area contributed by atoms with Crippen LogP contribution in [0.1, 0.15) is 43.4 Å². The quantitative estimate of drug-likeness (QED) is 0.274. The molecule has 2 heterocycles. The van der Waals surface area contributed by atoms with Crippen LogP contribution in [0.15, 0.2) is 58.5 Å². The molecule has 206 valence electrons. The van der Waals surface area contributed by atoms with Crippen molar-refractivity contribution in [3.8, 4) is 17.2 Å². The third-order valence-corrected chi connectivity index (χ3v) is 8.39. The minimum atomic E-state index is -0.293. The molecule has 3 aromatic rings. The Morgan fingerprint density at radius 3 is 2.69 bits per heavy atom. The van der Waals surface area contributed by atoms with Crippen LogP contribution in [0.25, 0.3) is 5.69 Å². The number of amides is 1. The van der Waals surface area contributed by atoms with E-state index in [1.165, 1.54) is 23.1 Å². The number of nitrogens with zero attached hydrogens (tertiary/aromatic N) is 3. The number of halogens is 1. The lowest BCUT2D eigenvalue weighted by molar-refractivity contribution is -0.131. The number of rotatable bonds is 11. The highest BCUT2D eigenvalue weighted by Gasteiger charge is 2.29. The van der Waals surface area contributed by atoms with Gasteiger partial charge < -0.3 is 20.1 Å². The number of hydrogen-bond acceptors (Lipinski definition) is 7.